The Hall–Kier alpha value is -4.35. The van der Waals surface area contributed by atoms with Gasteiger partial charge in [-0.3, -0.25) is 24.1 Å². The van der Waals surface area contributed by atoms with Crippen LogP contribution in [0.5, 0.6) is 0 Å². The molecule has 3 rings (SSSR count). The molecule has 4 N–H and O–H groups in total. The number of ether oxygens (including phenoxy) is 1. The van der Waals surface area contributed by atoms with Crippen molar-refractivity contribution in [3.8, 4) is 0 Å². The van der Waals surface area contributed by atoms with Crippen LogP contribution in [-0.2, 0) is 48.0 Å². The van der Waals surface area contributed by atoms with Crippen LogP contribution in [0.25, 0.3) is 0 Å². The van der Waals surface area contributed by atoms with Gasteiger partial charge in [0.25, 0.3) is 11.8 Å². The van der Waals surface area contributed by atoms with Gasteiger partial charge in [-0.05, 0) is 11.1 Å². The molecule has 1 heterocycles. The highest BCUT2D eigenvalue weighted by Crippen LogP contribution is 2.19. The van der Waals surface area contributed by atoms with E-state index in [0.717, 1.165) is 16.0 Å². The molecule has 41 heavy (non-hydrogen) atoms. The van der Waals surface area contributed by atoms with E-state index in [-0.39, 0.29) is 19.3 Å². The number of imidazole rings is 1. The van der Waals surface area contributed by atoms with E-state index in [4.69, 9.17) is 15.5 Å². The smallest absolute Gasteiger partial charge is 0.329 e. The largest absolute Gasteiger partial charge is 0.467 e. The lowest BCUT2D eigenvalue weighted by Gasteiger charge is -2.34. The molecule has 0 spiro atoms. The topological polar surface area (TPSA) is 157 Å². The first-order valence-corrected chi connectivity index (χ1v) is 13.2. The van der Waals surface area contributed by atoms with E-state index in [9.17, 15) is 19.2 Å². The lowest BCUT2D eigenvalue weighted by molar-refractivity contribution is -0.166. The summed E-state index contributed by atoms with van der Waals surface area (Å²) in [5, 5.41) is 2.79. The lowest BCUT2D eigenvalue weighted by Crippen LogP contribution is -2.61. The molecular formula is C30H37N5O6. The van der Waals surface area contributed by atoms with Crippen molar-refractivity contribution in [2.45, 2.75) is 58.2 Å². The Morgan fingerprint density at radius 1 is 0.927 bits per heavy atom. The molecule has 0 aliphatic heterocycles. The Labute approximate surface area is 239 Å². The first-order valence-electron chi connectivity index (χ1n) is 13.2. The van der Waals surface area contributed by atoms with Gasteiger partial charge in [0.1, 0.15) is 12.1 Å². The molecule has 0 aliphatic rings. The maximum absolute atomic E-state index is 14.4. The molecule has 0 aliphatic carbocycles. The van der Waals surface area contributed by atoms with Crippen LogP contribution in [0.3, 0.4) is 0 Å². The van der Waals surface area contributed by atoms with Crippen LogP contribution in [0.15, 0.2) is 73.2 Å². The number of nitrogens with two attached hydrogens (primary N) is 1. The number of aromatic amines is 1. The fourth-order valence-electron chi connectivity index (χ4n) is 4.21. The van der Waals surface area contributed by atoms with Crippen LogP contribution in [0.1, 0.15) is 37.6 Å². The second kappa shape index (κ2) is 14.3. The normalized spacial score (nSPS) is 13.5. The molecule has 0 fully saturated rings. The molecule has 0 saturated heterocycles. The van der Waals surface area contributed by atoms with E-state index in [0.29, 0.717) is 5.69 Å². The fraction of sp³-hybridized carbons (Fsp3) is 0.367. The van der Waals surface area contributed by atoms with Gasteiger partial charge in [0.15, 0.2) is 6.10 Å². The third-order valence-corrected chi connectivity index (χ3v) is 6.50. The van der Waals surface area contributed by atoms with Crippen LogP contribution >= 0.6 is 0 Å². The standard InChI is InChI=1S/C30H37N5O6/c1-30(2,3)29(39)34-23(15-20-11-7-5-8-12-20)26(36)35(24(28(38)40-4)17-22-18-32-19-33-22)27(37)25(41-31)16-21-13-9-6-10-14-21/h5-14,18-19,23-25H,15-17,31H2,1-4H3,(H,32,33)(H,34,39)/t23-,24-,25?/m0/s1. The SMILES string of the molecule is COC(=O)[C@H](Cc1cnc[nH]1)N(C(=O)C(Cc1ccccc1)ON)C(=O)[C@H](Cc1ccccc1)NC(=O)C(C)(C)C. The molecule has 3 aromatic rings. The van der Waals surface area contributed by atoms with Gasteiger partial charge in [0.05, 0.1) is 13.4 Å². The Bertz CT molecular complexity index is 1290. The number of carbonyl (C=O) groups is 4. The molecule has 11 heteroatoms. The Morgan fingerprint density at radius 3 is 2.00 bits per heavy atom. The number of rotatable bonds is 12. The van der Waals surface area contributed by atoms with Crippen LogP contribution in [0, 0.1) is 5.41 Å². The number of methoxy groups -OCH3 is 1. The number of imide groups is 1. The van der Waals surface area contributed by atoms with Crippen LogP contribution in [-0.4, -0.2) is 63.9 Å². The van der Waals surface area contributed by atoms with Crippen molar-refractivity contribution >= 4 is 23.7 Å². The number of amides is 3. The summed E-state index contributed by atoms with van der Waals surface area (Å²) in [6.45, 7) is 5.13. The first kappa shape index (κ1) is 31.2. The maximum Gasteiger partial charge on any atom is 0.329 e. The molecule has 11 nitrogen and oxygen atoms in total. The molecule has 3 atom stereocenters. The van der Waals surface area contributed by atoms with Crippen LogP contribution in [0.4, 0.5) is 0 Å². The van der Waals surface area contributed by atoms with Gasteiger partial charge in [0, 0.05) is 36.6 Å². The minimum atomic E-state index is -1.40. The van der Waals surface area contributed by atoms with Crippen molar-refractivity contribution < 1.29 is 28.8 Å². The van der Waals surface area contributed by atoms with E-state index in [1.165, 1.54) is 19.6 Å². The minimum absolute atomic E-state index is 0.0373. The second-order valence-electron chi connectivity index (χ2n) is 10.6. The number of carbonyl (C=O) groups excluding carboxylic acids is 4. The minimum Gasteiger partial charge on any atom is -0.467 e. The van der Waals surface area contributed by atoms with Gasteiger partial charge >= 0.3 is 5.97 Å². The molecular weight excluding hydrogens is 526 g/mol. The molecule has 3 amide bonds. The third-order valence-electron chi connectivity index (χ3n) is 6.50. The Balaban J connectivity index is 2.09. The Morgan fingerprint density at radius 2 is 1.51 bits per heavy atom. The fourth-order valence-corrected chi connectivity index (χ4v) is 4.21. The van der Waals surface area contributed by atoms with Crippen LogP contribution in [0.2, 0.25) is 0 Å². The van der Waals surface area contributed by atoms with Gasteiger partial charge in [-0.1, -0.05) is 81.4 Å². The van der Waals surface area contributed by atoms with Gasteiger partial charge in [-0.25, -0.2) is 15.7 Å². The van der Waals surface area contributed by atoms with Crippen LogP contribution < -0.4 is 11.2 Å². The summed E-state index contributed by atoms with van der Waals surface area (Å²) < 4.78 is 5.03. The van der Waals surface area contributed by atoms with Gasteiger partial charge in [-0.15, -0.1) is 0 Å². The summed E-state index contributed by atoms with van der Waals surface area (Å²) in [5.41, 5.74) is 1.12. The lowest BCUT2D eigenvalue weighted by atomic mass is 9.94. The van der Waals surface area contributed by atoms with Gasteiger partial charge in [0.2, 0.25) is 5.91 Å². The van der Waals surface area contributed by atoms with Crippen molar-refractivity contribution in [2.24, 2.45) is 11.3 Å². The highest BCUT2D eigenvalue weighted by atomic mass is 16.6. The monoisotopic (exact) mass is 563 g/mol. The average molecular weight is 564 g/mol. The summed E-state index contributed by atoms with van der Waals surface area (Å²) in [7, 11) is 1.17. The average Bonchev–Trinajstić information content (AvgIpc) is 3.48. The highest BCUT2D eigenvalue weighted by Gasteiger charge is 2.43. The van der Waals surface area contributed by atoms with Gasteiger partial charge < -0.3 is 15.0 Å². The van der Waals surface area contributed by atoms with Crippen molar-refractivity contribution in [1.29, 1.82) is 0 Å². The van der Waals surface area contributed by atoms with E-state index in [1.54, 1.807) is 69.3 Å². The molecule has 0 bridgehead atoms. The van der Waals surface area contributed by atoms with Crippen molar-refractivity contribution in [1.82, 2.24) is 20.2 Å². The highest BCUT2D eigenvalue weighted by molar-refractivity contribution is 6.04. The molecule has 2 aromatic carbocycles. The third kappa shape index (κ3) is 8.57. The predicted octanol–water partition coefficient (Wildman–Crippen LogP) is 2.12. The molecule has 218 valence electrons. The summed E-state index contributed by atoms with van der Waals surface area (Å²) in [5.74, 6) is 2.69. The first-order chi connectivity index (χ1) is 19.5. The number of benzene rings is 2. The number of H-pyrrole nitrogens is 1. The van der Waals surface area contributed by atoms with E-state index in [2.05, 4.69) is 15.3 Å². The molecule has 1 aromatic heterocycles. The number of hydrogen-bond acceptors (Lipinski definition) is 8. The molecule has 0 saturated carbocycles. The zero-order valence-electron chi connectivity index (χ0n) is 23.7. The zero-order chi connectivity index (χ0) is 30.0. The zero-order valence-corrected chi connectivity index (χ0v) is 23.7. The van der Waals surface area contributed by atoms with Crippen molar-refractivity contribution in [3.05, 3.63) is 90.0 Å². The van der Waals surface area contributed by atoms with Gasteiger partial charge in [-0.2, -0.15) is 0 Å². The van der Waals surface area contributed by atoms with Crippen molar-refractivity contribution in [3.63, 3.8) is 0 Å². The summed E-state index contributed by atoms with van der Waals surface area (Å²) in [4.78, 5) is 67.5. The Kier molecular flexibility index (Phi) is 10.9. The van der Waals surface area contributed by atoms with E-state index in [1.807, 2.05) is 12.1 Å². The second-order valence-corrected chi connectivity index (χ2v) is 10.6. The number of nitrogens with zero attached hydrogens (tertiary/aromatic N) is 2. The number of aromatic nitrogens is 2. The molecule has 1 unspecified atom stereocenters. The summed E-state index contributed by atoms with van der Waals surface area (Å²) >= 11 is 0. The molecule has 0 radical (unpaired) electrons. The number of esters is 1. The maximum atomic E-state index is 14.4. The number of hydrogen-bond donors (Lipinski definition) is 3. The summed E-state index contributed by atoms with van der Waals surface area (Å²) in [6.07, 6.45) is 1.57. The quantitative estimate of drug-likeness (QED) is 0.223. The van der Waals surface area contributed by atoms with E-state index >= 15 is 0 Å². The van der Waals surface area contributed by atoms with E-state index < -0.39 is 47.3 Å². The predicted molar refractivity (Wildman–Crippen MR) is 151 cm³/mol. The van der Waals surface area contributed by atoms with Crippen molar-refractivity contribution in [2.75, 3.05) is 7.11 Å². The number of nitrogens with one attached hydrogen (secondary N) is 2. The summed E-state index contributed by atoms with van der Waals surface area (Å²) in [6, 6.07) is 15.4.